The fraction of sp³-hybridized carbons (Fsp3) is 0.273. The normalized spacial score (nSPS) is 14.7. The smallest absolute Gasteiger partial charge is 0.272 e. The molecule has 1 fully saturated rings. The van der Waals surface area contributed by atoms with Crippen molar-refractivity contribution in [3.8, 4) is 22.9 Å². The highest BCUT2D eigenvalue weighted by Crippen LogP contribution is 2.41. The number of nitrogens with one attached hydrogen (secondary N) is 1. The van der Waals surface area contributed by atoms with Crippen LogP contribution in [-0.2, 0) is 6.54 Å². The van der Waals surface area contributed by atoms with E-state index in [-0.39, 0.29) is 12.7 Å². The molecule has 1 aliphatic heterocycles. The van der Waals surface area contributed by atoms with Crippen LogP contribution >= 0.6 is 0 Å². The second-order valence-corrected chi connectivity index (χ2v) is 7.21. The lowest BCUT2D eigenvalue weighted by atomic mass is 10.2. The Morgan fingerprint density at radius 1 is 1.17 bits per heavy atom. The van der Waals surface area contributed by atoms with Crippen LogP contribution in [0.3, 0.4) is 0 Å². The van der Waals surface area contributed by atoms with E-state index in [1.54, 1.807) is 7.11 Å². The minimum absolute atomic E-state index is 0.203. The quantitative estimate of drug-likeness (QED) is 0.697. The molecule has 2 aliphatic rings. The van der Waals surface area contributed by atoms with Gasteiger partial charge in [-0.25, -0.2) is 4.68 Å². The fourth-order valence-electron chi connectivity index (χ4n) is 3.45. The first-order chi connectivity index (χ1) is 14.2. The number of rotatable bonds is 6. The van der Waals surface area contributed by atoms with E-state index in [1.807, 2.05) is 53.2 Å². The Kier molecular flexibility index (Phi) is 4.35. The van der Waals surface area contributed by atoms with E-state index >= 15 is 0 Å². The molecule has 0 unspecified atom stereocenters. The Hall–Kier alpha value is -3.48. The molecular formula is C22H21N3O4. The number of benzene rings is 2. The standard InChI is InChI=1S/C22H21N3O4/c1-27-17-4-2-3-16(10-17)25-19(15-6-7-15)11-18(24-25)22(26)23-12-14-5-8-20-21(9-14)29-13-28-20/h2-5,8-11,15H,6-7,12-13H2,1H3,(H,23,26). The number of fused-ring (bicyclic) bond motifs is 1. The van der Waals surface area contributed by atoms with Crippen molar-refractivity contribution in [1.29, 1.82) is 0 Å². The summed E-state index contributed by atoms with van der Waals surface area (Å²) < 4.78 is 17.9. The molecule has 1 aromatic heterocycles. The van der Waals surface area contributed by atoms with E-state index < -0.39 is 0 Å². The molecule has 7 nitrogen and oxygen atoms in total. The van der Waals surface area contributed by atoms with Crippen molar-refractivity contribution in [2.24, 2.45) is 0 Å². The van der Waals surface area contributed by atoms with Gasteiger partial charge in [-0.2, -0.15) is 5.10 Å². The molecule has 1 amide bonds. The molecule has 5 rings (SSSR count). The van der Waals surface area contributed by atoms with E-state index in [4.69, 9.17) is 14.2 Å². The first-order valence-corrected chi connectivity index (χ1v) is 9.62. The number of hydrogen-bond acceptors (Lipinski definition) is 5. The van der Waals surface area contributed by atoms with Crippen molar-refractivity contribution in [1.82, 2.24) is 15.1 Å². The van der Waals surface area contributed by atoms with Gasteiger partial charge in [0.15, 0.2) is 17.2 Å². The monoisotopic (exact) mass is 391 g/mol. The third-order valence-electron chi connectivity index (χ3n) is 5.15. The van der Waals surface area contributed by atoms with Gasteiger partial charge in [0, 0.05) is 24.2 Å². The average molecular weight is 391 g/mol. The summed E-state index contributed by atoms with van der Waals surface area (Å²) in [4.78, 5) is 12.7. The van der Waals surface area contributed by atoms with Gasteiger partial charge in [0.2, 0.25) is 6.79 Å². The van der Waals surface area contributed by atoms with Crippen molar-refractivity contribution >= 4 is 5.91 Å². The van der Waals surface area contributed by atoms with Crippen LogP contribution < -0.4 is 19.5 Å². The largest absolute Gasteiger partial charge is 0.497 e. The summed E-state index contributed by atoms with van der Waals surface area (Å²) in [6, 6.07) is 15.3. The van der Waals surface area contributed by atoms with Gasteiger partial charge < -0.3 is 19.5 Å². The molecule has 2 heterocycles. The van der Waals surface area contributed by atoms with Crippen molar-refractivity contribution < 1.29 is 19.0 Å². The first-order valence-electron chi connectivity index (χ1n) is 9.62. The Morgan fingerprint density at radius 2 is 2.03 bits per heavy atom. The summed E-state index contributed by atoms with van der Waals surface area (Å²) in [5.74, 6) is 2.44. The summed E-state index contributed by atoms with van der Waals surface area (Å²) in [5.41, 5.74) is 3.31. The van der Waals surface area contributed by atoms with Crippen LogP contribution in [0, 0.1) is 0 Å². The maximum Gasteiger partial charge on any atom is 0.272 e. The third-order valence-corrected chi connectivity index (χ3v) is 5.15. The molecule has 1 saturated carbocycles. The molecule has 7 heteroatoms. The van der Waals surface area contributed by atoms with Gasteiger partial charge in [-0.3, -0.25) is 4.79 Å². The third kappa shape index (κ3) is 3.51. The van der Waals surface area contributed by atoms with E-state index in [0.717, 1.165) is 41.3 Å². The predicted molar refractivity (Wildman–Crippen MR) is 106 cm³/mol. The van der Waals surface area contributed by atoms with Crippen LogP contribution in [0.5, 0.6) is 17.2 Å². The average Bonchev–Trinajstić information content (AvgIpc) is 3.33. The Bertz CT molecular complexity index is 1070. The highest BCUT2D eigenvalue weighted by molar-refractivity contribution is 5.92. The zero-order valence-corrected chi connectivity index (χ0v) is 16.1. The van der Waals surface area contributed by atoms with Crippen molar-refractivity contribution in [2.75, 3.05) is 13.9 Å². The lowest BCUT2D eigenvalue weighted by Crippen LogP contribution is -2.23. The van der Waals surface area contributed by atoms with E-state index in [1.165, 1.54) is 0 Å². The van der Waals surface area contributed by atoms with Crippen molar-refractivity contribution in [3.63, 3.8) is 0 Å². The topological polar surface area (TPSA) is 74.6 Å². The fourth-order valence-corrected chi connectivity index (χ4v) is 3.45. The van der Waals surface area contributed by atoms with Gasteiger partial charge in [-0.15, -0.1) is 0 Å². The molecular weight excluding hydrogens is 370 g/mol. The van der Waals surface area contributed by atoms with Crippen molar-refractivity contribution in [3.05, 3.63) is 65.5 Å². The van der Waals surface area contributed by atoms with Crippen LogP contribution in [-0.4, -0.2) is 29.6 Å². The zero-order chi connectivity index (χ0) is 19.8. The second kappa shape index (κ2) is 7.16. The highest BCUT2D eigenvalue weighted by Gasteiger charge is 2.30. The Labute approximate surface area is 168 Å². The summed E-state index contributed by atoms with van der Waals surface area (Å²) in [6.07, 6.45) is 2.24. The van der Waals surface area contributed by atoms with Gasteiger partial charge in [-0.05, 0) is 48.7 Å². The zero-order valence-electron chi connectivity index (χ0n) is 16.1. The molecule has 2 aromatic carbocycles. The molecule has 3 aromatic rings. The van der Waals surface area contributed by atoms with Crippen molar-refractivity contribution in [2.45, 2.75) is 25.3 Å². The molecule has 148 valence electrons. The van der Waals surface area contributed by atoms with Crippen LogP contribution in [0.25, 0.3) is 5.69 Å². The minimum atomic E-state index is -0.203. The molecule has 0 radical (unpaired) electrons. The lowest BCUT2D eigenvalue weighted by molar-refractivity contribution is 0.0945. The van der Waals surface area contributed by atoms with E-state index in [0.29, 0.717) is 23.9 Å². The summed E-state index contributed by atoms with van der Waals surface area (Å²) in [5, 5.41) is 7.54. The van der Waals surface area contributed by atoms with E-state index in [9.17, 15) is 4.79 Å². The lowest BCUT2D eigenvalue weighted by Gasteiger charge is -2.08. The molecule has 29 heavy (non-hydrogen) atoms. The van der Waals surface area contributed by atoms with Gasteiger partial charge in [0.25, 0.3) is 5.91 Å². The van der Waals surface area contributed by atoms with E-state index in [2.05, 4.69) is 10.4 Å². The first kappa shape index (κ1) is 17.6. The highest BCUT2D eigenvalue weighted by atomic mass is 16.7. The summed E-state index contributed by atoms with van der Waals surface area (Å²) in [6.45, 7) is 0.622. The Balaban J connectivity index is 1.36. The van der Waals surface area contributed by atoms with Gasteiger partial charge in [0.05, 0.1) is 12.8 Å². The number of carbonyl (C=O) groups is 1. The van der Waals surface area contributed by atoms with Crippen LogP contribution in [0.15, 0.2) is 48.5 Å². The second-order valence-electron chi connectivity index (χ2n) is 7.21. The maximum absolute atomic E-state index is 12.7. The number of amides is 1. The van der Waals surface area contributed by atoms with Crippen LogP contribution in [0.4, 0.5) is 0 Å². The number of hydrogen-bond donors (Lipinski definition) is 1. The van der Waals surface area contributed by atoms with Crippen LogP contribution in [0.2, 0.25) is 0 Å². The summed E-state index contributed by atoms with van der Waals surface area (Å²) in [7, 11) is 1.64. The molecule has 0 bridgehead atoms. The molecule has 0 atom stereocenters. The predicted octanol–water partition coefficient (Wildman–Crippen LogP) is 3.42. The number of aromatic nitrogens is 2. The van der Waals surface area contributed by atoms with Gasteiger partial charge in [-0.1, -0.05) is 12.1 Å². The SMILES string of the molecule is COc1cccc(-n2nc(C(=O)NCc3ccc4c(c3)OCO4)cc2C2CC2)c1. The number of ether oxygens (including phenoxy) is 3. The number of carbonyl (C=O) groups excluding carboxylic acids is 1. The molecule has 1 N–H and O–H groups in total. The Morgan fingerprint density at radius 3 is 2.86 bits per heavy atom. The van der Waals surface area contributed by atoms with Gasteiger partial charge in [0.1, 0.15) is 5.75 Å². The number of methoxy groups -OCH3 is 1. The maximum atomic E-state index is 12.7. The number of nitrogens with zero attached hydrogens (tertiary/aromatic N) is 2. The summed E-state index contributed by atoms with van der Waals surface area (Å²) >= 11 is 0. The molecule has 0 spiro atoms. The minimum Gasteiger partial charge on any atom is -0.497 e. The molecule has 0 saturated heterocycles. The van der Waals surface area contributed by atoms with Gasteiger partial charge >= 0.3 is 0 Å². The molecule has 1 aliphatic carbocycles. The van der Waals surface area contributed by atoms with Crippen LogP contribution in [0.1, 0.15) is 40.5 Å².